The van der Waals surface area contributed by atoms with Crippen molar-refractivity contribution in [3.05, 3.63) is 0 Å². The maximum atomic E-state index is 14.0. The second-order valence-electron chi connectivity index (χ2n) is 17.1. The van der Waals surface area contributed by atoms with Gasteiger partial charge in [-0.25, -0.2) is 0 Å². The molecule has 12 aliphatic carbocycles. The second-order valence-corrected chi connectivity index (χ2v) is 18.4. The quantitative estimate of drug-likeness (QED) is 0.355. The molecule has 0 unspecified atom stereocenters. The van der Waals surface area contributed by atoms with Gasteiger partial charge in [-0.2, -0.15) is 0 Å². The van der Waals surface area contributed by atoms with Crippen LogP contribution in [0.3, 0.4) is 0 Å². The zero-order valence-corrected chi connectivity index (χ0v) is 25.1. The Bertz CT molecular complexity index is 884. The highest BCUT2D eigenvalue weighted by molar-refractivity contribution is 6.44. The molecule has 0 radical (unpaired) electrons. The summed E-state index contributed by atoms with van der Waals surface area (Å²) in [5.41, 5.74) is -1.37. The molecule has 12 saturated carbocycles. The highest BCUT2D eigenvalue weighted by atomic mass is 27.3. The molecule has 0 N–H and O–H groups in total. The van der Waals surface area contributed by atoms with Crippen LogP contribution in [0.5, 0.6) is 0 Å². The third-order valence-electron chi connectivity index (χ3n) is 14.0. The predicted molar refractivity (Wildman–Crippen MR) is 146 cm³/mol. The summed E-state index contributed by atoms with van der Waals surface area (Å²) >= 11 is -3.35. The molecule has 0 amide bonds. The van der Waals surface area contributed by atoms with Crippen LogP contribution >= 0.6 is 0 Å². The fourth-order valence-electron chi connectivity index (χ4n) is 13.8. The molecule has 6 nitrogen and oxygen atoms in total. The van der Waals surface area contributed by atoms with E-state index in [9.17, 15) is 14.4 Å². The van der Waals surface area contributed by atoms with Gasteiger partial charge in [-0.1, -0.05) is 0 Å². The van der Waals surface area contributed by atoms with E-state index >= 15 is 0 Å². The SMILES string of the molecule is O=C([O][Al]([O]C(=O)C12CC3CC(CC(C3)C1)C2)[O]C(=O)C12CC3CC(CC(C3)C1)C2)C12CC3CC(CC(C3)C1)C2. The van der Waals surface area contributed by atoms with Crippen LogP contribution in [0.1, 0.15) is 116 Å². The molecular weight excluding hydrogens is 519 g/mol. The van der Waals surface area contributed by atoms with E-state index in [-0.39, 0.29) is 17.9 Å². The van der Waals surface area contributed by atoms with Crippen molar-refractivity contribution in [3.63, 3.8) is 0 Å². The summed E-state index contributed by atoms with van der Waals surface area (Å²) in [6, 6.07) is 0. The smallest absolute Gasteiger partial charge is 0.550 e. The van der Waals surface area contributed by atoms with E-state index in [2.05, 4.69) is 0 Å². The third-order valence-corrected chi connectivity index (χ3v) is 15.2. The first-order valence-electron chi connectivity index (χ1n) is 16.9. The molecule has 12 fully saturated rings. The maximum Gasteiger partial charge on any atom is 1.20 e. The lowest BCUT2D eigenvalue weighted by Gasteiger charge is -2.56. The first-order valence-corrected chi connectivity index (χ1v) is 18.3. The van der Waals surface area contributed by atoms with Crippen molar-refractivity contribution in [1.29, 1.82) is 0 Å². The van der Waals surface area contributed by atoms with E-state index in [1.165, 1.54) is 57.8 Å². The Morgan fingerprint density at radius 2 is 0.550 bits per heavy atom. The van der Waals surface area contributed by atoms with E-state index in [1.807, 2.05) is 0 Å². The van der Waals surface area contributed by atoms with Gasteiger partial charge in [0.05, 0.1) is 16.2 Å². The van der Waals surface area contributed by atoms with Gasteiger partial charge in [-0.15, -0.1) is 0 Å². The van der Waals surface area contributed by atoms with Crippen LogP contribution in [0.4, 0.5) is 0 Å². The van der Waals surface area contributed by atoms with Crippen molar-refractivity contribution in [2.45, 2.75) is 116 Å². The molecule has 0 aromatic carbocycles. The molecule has 12 rings (SSSR count). The van der Waals surface area contributed by atoms with Gasteiger partial charge in [0, 0.05) is 0 Å². The van der Waals surface area contributed by atoms with Gasteiger partial charge in [-0.3, -0.25) is 14.4 Å². The van der Waals surface area contributed by atoms with Crippen molar-refractivity contribution >= 4 is 33.1 Å². The summed E-state index contributed by atoms with van der Waals surface area (Å²) in [7, 11) is 0. The highest BCUT2D eigenvalue weighted by Gasteiger charge is 2.64. The summed E-state index contributed by atoms with van der Waals surface area (Å²) in [6.07, 6.45) is 19.3. The number of hydrogen-bond acceptors (Lipinski definition) is 6. The van der Waals surface area contributed by atoms with Gasteiger partial charge in [-0.05, 0) is 169 Å². The highest BCUT2D eigenvalue weighted by Crippen LogP contribution is 2.63. The average Bonchev–Trinajstić information content (AvgIpc) is 2.86. The molecular formula is C33H45AlO6. The summed E-state index contributed by atoms with van der Waals surface area (Å²) in [5, 5.41) is 0. The lowest BCUT2D eigenvalue weighted by molar-refractivity contribution is -0.177. The monoisotopic (exact) mass is 564 g/mol. The maximum absolute atomic E-state index is 14.0. The second kappa shape index (κ2) is 8.75. The molecule has 0 saturated heterocycles. The van der Waals surface area contributed by atoms with E-state index in [1.54, 1.807) is 0 Å². The standard InChI is InChI=1S/3C11H16O2.Al/c3*12-10(13)11-4-7-1-8(5-11)3-9(2-7)6-11;/h3*7-9H,1-6H2,(H,12,13);/q;;;+3/p-3. The van der Waals surface area contributed by atoms with Gasteiger partial charge in [0.15, 0.2) is 0 Å². The van der Waals surface area contributed by atoms with E-state index in [0.717, 1.165) is 57.8 Å². The lowest BCUT2D eigenvalue weighted by atomic mass is 9.49. The van der Waals surface area contributed by atoms with Gasteiger partial charge in [0.2, 0.25) is 0 Å². The fourth-order valence-corrected chi connectivity index (χ4v) is 15.2. The Hall–Kier alpha value is -1.06. The zero-order valence-electron chi connectivity index (χ0n) is 24.0. The minimum atomic E-state index is -3.35. The Kier molecular flexibility index (Phi) is 5.56. The number of hydrogen-bond donors (Lipinski definition) is 0. The van der Waals surface area contributed by atoms with Crippen LogP contribution < -0.4 is 0 Å². The minimum absolute atomic E-state index is 0.222. The van der Waals surface area contributed by atoms with Crippen LogP contribution in [0.25, 0.3) is 0 Å². The summed E-state index contributed by atoms with van der Waals surface area (Å²) < 4.78 is 18.7. The number of carbonyl (C=O) groups excluding carboxylic acids is 3. The lowest BCUT2D eigenvalue weighted by Crippen LogP contribution is -2.55. The Labute approximate surface area is 243 Å². The van der Waals surface area contributed by atoms with Crippen LogP contribution in [-0.4, -0.2) is 33.1 Å². The molecule has 12 aliphatic rings. The van der Waals surface area contributed by atoms with Gasteiger partial charge in [0.1, 0.15) is 0 Å². The van der Waals surface area contributed by atoms with Gasteiger partial charge < -0.3 is 11.4 Å². The molecule has 0 aromatic heterocycles. The van der Waals surface area contributed by atoms with Crippen molar-refractivity contribution in [1.82, 2.24) is 0 Å². The topological polar surface area (TPSA) is 78.9 Å². The Balaban J connectivity index is 0.971. The van der Waals surface area contributed by atoms with Crippen LogP contribution in [0, 0.1) is 69.5 Å². The Morgan fingerprint density at radius 1 is 0.375 bits per heavy atom. The Morgan fingerprint density at radius 3 is 0.725 bits per heavy atom. The molecule has 12 bridgehead atoms. The third kappa shape index (κ3) is 3.95. The molecule has 7 heteroatoms. The summed E-state index contributed by atoms with van der Waals surface area (Å²) in [6.45, 7) is 0. The number of rotatable bonds is 6. The first kappa shape index (κ1) is 25.4. The number of carbonyl (C=O) groups is 3. The normalized spacial score (nSPS) is 52.0. The van der Waals surface area contributed by atoms with Gasteiger partial charge >= 0.3 is 15.1 Å². The van der Waals surface area contributed by atoms with E-state index in [4.69, 9.17) is 11.4 Å². The molecule has 0 atom stereocenters. The molecule has 0 heterocycles. The van der Waals surface area contributed by atoms with Crippen molar-refractivity contribution in [2.75, 3.05) is 0 Å². The zero-order chi connectivity index (χ0) is 26.9. The molecule has 0 aliphatic heterocycles. The van der Waals surface area contributed by atoms with Crippen molar-refractivity contribution in [2.24, 2.45) is 69.5 Å². The average molecular weight is 565 g/mol. The van der Waals surface area contributed by atoms with Crippen molar-refractivity contribution < 1.29 is 25.7 Å². The molecule has 216 valence electrons. The van der Waals surface area contributed by atoms with Crippen LogP contribution in [0.2, 0.25) is 0 Å². The molecule has 0 spiro atoms. The summed E-state index contributed by atoms with van der Waals surface area (Å²) in [4.78, 5) is 42.0. The molecule has 40 heavy (non-hydrogen) atoms. The van der Waals surface area contributed by atoms with E-state index < -0.39 is 31.4 Å². The summed E-state index contributed by atoms with van der Waals surface area (Å²) in [5.74, 6) is 4.86. The van der Waals surface area contributed by atoms with Crippen LogP contribution in [0.15, 0.2) is 0 Å². The van der Waals surface area contributed by atoms with Gasteiger partial charge in [0.25, 0.3) is 17.9 Å². The molecule has 0 aromatic rings. The van der Waals surface area contributed by atoms with Crippen LogP contribution in [-0.2, 0) is 25.7 Å². The fraction of sp³-hybridized carbons (Fsp3) is 0.909. The largest absolute Gasteiger partial charge is 1.20 e. The first-order chi connectivity index (χ1) is 19.3. The van der Waals surface area contributed by atoms with E-state index in [0.29, 0.717) is 53.3 Å². The predicted octanol–water partition coefficient (Wildman–Crippen LogP) is 6.25. The van der Waals surface area contributed by atoms with Crippen molar-refractivity contribution in [3.8, 4) is 0 Å². The minimum Gasteiger partial charge on any atom is -0.550 e.